The predicted molar refractivity (Wildman–Crippen MR) is 117 cm³/mol. The molecule has 180 valence electrons. The third-order valence-electron chi connectivity index (χ3n) is 5.59. The molecule has 0 saturated carbocycles. The van der Waals surface area contributed by atoms with Gasteiger partial charge in [0.05, 0.1) is 30.6 Å². The Kier molecular flexibility index (Phi) is 7.43. The summed E-state index contributed by atoms with van der Waals surface area (Å²) in [5, 5.41) is 10.9. The number of halogens is 3. The summed E-state index contributed by atoms with van der Waals surface area (Å²) >= 11 is 0. The van der Waals surface area contributed by atoms with Crippen molar-refractivity contribution in [2.75, 3.05) is 32.8 Å². The number of aromatic nitrogens is 3. The Bertz CT molecular complexity index is 1120. The van der Waals surface area contributed by atoms with E-state index in [-0.39, 0.29) is 29.8 Å². The number of nitrogens with zero attached hydrogens (tertiary/aromatic N) is 4. The summed E-state index contributed by atoms with van der Waals surface area (Å²) in [6, 6.07) is 11.9. The molecule has 1 amide bonds. The summed E-state index contributed by atoms with van der Waals surface area (Å²) < 4.78 is 49.8. The fourth-order valence-electron chi connectivity index (χ4n) is 3.89. The van der Waals surface area contributed by atoms with Crippen LogP contribution in [-0.4, -0.2) is 65.3 Å². The second-order valence-electron chi connectivity index (χ2n) is 7.74. The molecule has 2 heterocycles. The van der Waals surface area contributed by atoms with E-state index in [1.54, 1.807) is 25.1 Å². The smallest absolute Gasteiger partial charge is 0.387 e. The molecule has 34 heavy (non-hydrogen) atoms. The van der Waals surface area contributed by atoms with E-state index in [1.807, 2.05) is 6.07 Å². The van der Waals surface area contributed by atoms with Gasteiger partial charge >= 0.3 is 6.61 Å². The van der Waals surface area contributed by atoms with Gasteiger partial charge < -0.3 is 14.8 Å². The molecule has 0 radical (unpaired) electrons. The lowest BCUT2D eigenvalue weighted by atomic mass is 10.0. The number of morpholine rings is 1. The molecule has 1 atom stereocenters. The number of carbonyl (C=O) groups excluding carboxylic acids is 1. The van der Waals surface area contributed by atoms with E-state index in [1.165, 1.54) is 28.9 Å². The van der Waals surface area contributed by atoms with Crippen LogP contribution in [0.3, 0.4) is 0 Å². The van der Waals surface area contributed by atoms with Gasteiger partial charge in [0, 0.05) is 19.6 Å². The highest BCUT2D eigenvalue weighted by Gasteiger charge is 2.25. The average molecular weight is 475 g/mol. The minimum absolute atomic E-state index is 0.0148. The molecular weight excluding hydrogens is 451 g/mol. The Morgan fingerprint density at radius 3 is 2.59 bits per heavy atom. The minimum Gasteiger partial charge on any atom is -0.435 e. The summed E-state index contributed by atoms with van der Waals surface area (Å²) in [6.45, 7) is 1.47. The number of hydrogen-bond acceptors (Lipinski definition) is 6. The van der Waals surface area contributed by atoms with Gasteiger partial charge in [-0.15, -0.1) is 5.10 Å². The highest BCUT2D eigenvalue weighted by atomic mass is 19.3. The first-order valence-corrected chi connectivity index (χ1v) is 10.8. The summed E-state index contributed by atoms with van der Waals surface area (Å²) in [6.07, 6.45) is 0. The van der Waals surface area contributed by atoms with Gasteiger partial charge in [0.15, 0.2) is 5.69 Å². The summed E-state index contributed by atoms with van der Waals surface area (Å²) in [4.78, 5) is 15.1. The van der Waals surface area contributed by atoms with E-state index in [0.717, 1.165) is 5.56 Å². The largest absolute Gasteiger partial charge is 0.435 e. The summed E-state index contributed by atoms with van der Waals surface area (Å²) in [7, 11) is 0. The average Bonchev–Trinajstić information content (AvgIpc) is 3.21. The molecule has 4 rings (SSSR count). The number of benzene rings is 2. The first kappa shape index (κ1) is 23.7. The van der Waals surface area contributed by atoms with Crippen LogP contribution >= 0.6 is 0 Å². The third-order valence-corrected chi connectivity index (χ3v) is 5.59. The Labute approximate surface area is 194 Å². The normalized spacial score (nSPS) is 15.3. The number of nitrogens with one attached hydrogen (secondary N) is 1. The Hall–Kier alpha value is -3.44. The molecule has 2 aromatic carbocycles. The van der Waals surface area contributed by atoms with Crippen molar-refractivity contribution < 1.29 is 27.4 Å². The maximum Gasteiger partial charge on any atom is 0.387 e. The number of amides is 1. The Balaban J connectivity index is 1.48. The van der Waals surface area contributed by atoms with Gasteiger partial charge in [-0.05, 0) is 48.9 Å². The van der Waals surface area contributed by atoms with E-state index < -0.39 is 12.5 Å². The quantitative estimate of drug-likeness (QED) is 0.539. The van der Waals surface area contributed by atoms with Crippen molar-refractivity contribution in [3.63, 3.8) is 0 Å². The summed E-state index contributed by atoms with van der Waals surface area (Å²) in [5.74, 6) is -0.747. The first-order chi connectivity index (χ1) is 16.4. The van der Waals surface area contributed by atoms with E-state index >= 15 is 0 Å². The molecule has 0 aliphatic carbocycles. The van der Waals surface area contributed by atoms with E-state index in [4.69, 9.17) is 4.74 Å². The van der Waals surface area contributed by atoms with E-state index in [0.29, 0.717) is 37.7 Å². The lowest BCUT2D eigenvalue weighted by Gasteiger charge is -2.34. The zero-order valence-electron chi connectivity index (χ0n) is 18.5. The highest BCUT2D eigenvalue weighted by molar-refractivity contribution is 5.93. The van der Waals surface area contributed by atoms with Crippen LogP contribution in [-0.2, 0) is 4.74 Å². The van der Waals surface area contributed by atoms with Crippen molar-refractivity contribution in [3.05, 3.63) is 71.3 Å². The number of hydrogen-bond donors (Lipinski definition) is 1. The molecule has 0 spiro atoms. The lowest BCUT2D eigenvalue weighted by Crippen LogP contribution is -2.44. The van der Waals surface area contributed by atoms with Crippen molar-refractivity contribution in [2.24, 2.45) is 0 Å². The number of rotatable bonds is 8. The minimum atomic E-state index is -2.91. The molecule has 1 aliphatic rings. The molecule has 0 bridgehead atoms. The zero-order chi connectivity index (χ0) is 24.1. The van der Waals surface area contributed by atoms with Gasteiger partial charge in [-0.25, -0.2) is 9.07 Å². The molecule has 1 saturated heterocycles. The predicted octanol–water partition coefficient (Wildman–Crippen LogP) is 3.12. The van der Waals surface area contributed by atoms with Crippen molar-refractivity contribution in [2.45, 2.75) is 19.6 Å². The van der Waals surface area contributed by atoms with Crippen LogP contribution in [0.4, 0.5) is 13.2 Å². The van der Waals surface area contributed by atoms with Crippen molar-refractivity contribution in [1.82, 2.24) is 25.2 Å². The van der Waals surface area contributed by atoms with Crippen LogP contribution in [0.1, 0.15) is 27.8 Å². The van der Waals surface area contributed by atoms with Crippen LogP contribution in [0, 0.1) is 12.7 Å². The van der Waals surface area contributed by atoms with Crippen molar-refractivity contribution >= 4 is 5.91 Å². The molecule has 3 aromatic rings. The third kappa shape index (κ3) is 5.54. The molecule has 1 unspecified atom stereocenters. The van der Waals surface area contributed by atoms with Crippen LogP contribution < -0.4 is 10.1 Å². The van der Waals surface area contributed by atoms with Gasteiger partial charge in [0.1, 0.15) is 11.6 Å². The van der Waals surface area contributed by atoms with Crippen LogP contribution in [0.2, 0.25) is 0 Å². The Morgan fingerprint density at radius 1 is 1.18 bits per heavy atom. The van der Waals surface area contributed by atoms with Gasteiger partial charge in [0.25, 0.3) is 5.91 Å². The first-order valence-electron chi connectivity index (χ1n) is 10.8. The van der Waals surface area contributed by atoms with E-state index in [2.05, 4.69) is 25.3 Å². The van der Waals surface area contributed by atoms with Crippen LogP contribution in [0.15, 0.2) is 48.5 Å². The molecular formula is C23H24F3N5O3. The van der Waals surface area contributed by atoms with Gasteiger partial charge in [-0.3, -0.25) is 9.69 Å². The standard InChI is InChI=1S/C23H24F3N5O3/c1-15-21(28-29-31(15)18-5-7-19(8-6-18)34-23(25)26)22(32)27-14-20(30-9-11-33-12-10-30)16-3-2-4-17(24)13-16/h2-8,13,20,23H,9-12,14H2,1H3,(H,27,32). The second-order valence-corrected chi connectivity index (χ2v) is 7.74. The molecule has 1 N–H and O–H groups in total. The van der Waals surface area contributed by atoms with Crippen molar-refractivity contribution in [3.8, 4) is 11.4 Å². The SMILES string of the molecule is Cc1c(C(=O)NCC(c2cccc(F)c2)N2CCOCC2)nnn1-c1ccc(OC(F)F)cc1. The van der Waals surface area contributed by atoms with E-state index in [9.17, 15) is 18.0 Å². The fourth-order valence-corrected chi connectivity index (χ4v) is 3.89. The zero-order valence-corrected chi connectivity index (χ0v) is 18.5. The molecule has 1 aliphatic heterocycles. The van der Waals surface area contributed by atoms with Crippen LogP contribution in [0.5, 0.6) is 5.75 Å². The number of ether oxygens (including phenoxy) is 2. The van der Waals surface area contributed by atoms with Gasteiger partial charge in [0.2, 0.25) is 0 Å². The second kappa shape index (κ2) is 10.7. The van der Waals surface area contributed by atoms with Gasteiger partial charge in [-0.2, -0.15) is 8.78 Å². The highest BCUT2D eigenvalue weighted by Crippen LogP contribution is 2.23. The monoisotopic (exact) mass is 475 g/mol. The number of alkyl halides is 2. The van der Waals surface area contributed by atoms with Gasteiger partial charge in [-0.1, -0.05) is 17.3 Å². The van der Waals surface area contributed by atoms with Crippen molar-refractivity contribution in [1.29, 1.82) is 0 Å². The number of carbonyl (C=O) groups is 1. The molecule has 8 nitrogen and oxygen atoms in total. The molecule has 11 heteroatoms. The molecule has 1 aromatic heterocycles. The maximum absolute atomic E-state index is 13.9. The summed E-state index contributed by atoms with van der Waals surface area (Å²) in [5.41, 5.74) is 1.91. The Morgan fingerprint density at radius 2 is 1.91 bits per heavy atom. The van der Waals surface area contributed by atoms with Crippen LogP contribution in [0.25, 0.3) is 5.69 Å². The maximum atomic E-state index is 13.9. The lowest BCUT2D eigenvalue weighted by molar-refractivity contribution is -0.0498. The topological polar surface area (TPSA) is 81.5 Å². The fraction of sp³-hybridized carbons (Fsp3) is 0.348. The molecule has 1 fully saturated rings.